The number of nitro groups is 1. The van der Waals surface area contributed by atoms with Crippen LogP contribution < -0.4 is 5.32 Å². The van der Waals surface area contributed by atoms with Crippen LogP contribution in [0.1, 0.15) is 25.3 Å². The van der Waals surface area contributed by atoms with Crippen molar-refractivity contribution in [1.29, 1.82) is 0 Å². The van der Waals surface area contributed by atoms with Crippen molar-refractivity contribution >= 4 is 21.4 Å². The molecule has 1 aliphatic heterocycles. The number of benzene rings is 2. The van der Waals surface area contributed by atoms with Crippen LogP contribution in [0.4, 0.5) is 15.8 Å². The molecule has 2 aromatic rings. The van der Waals surface area contributed by atoms with E-state index in [1.165, 1.54) is 28.6 Å². The number of rotatable bonds is 6. The van der Waals surface area contributed by atoms with Gasteiger partial charge in [-0.1, -0.05) is 19.1 Å². The number of hydrogen-bond acceptors (Lipinski definition) is 5. The minimum atomic E-state index is -3.77. The normalized spacial score (nSPS) is 16.1. The largest absolute Gasteiger partial charge is 0.375 e. The molecule has 0 bridgehead atoms. The van der Waals surface area contributed by atoms with Crippen LogP contribution in [0.15, 0.2) is 47.4 Å². The van der Waals surface area contributed by atoms with Crippen LogP contribution in [0.2, 0.25) is 0 Å². The first-order valence-corrected chi connectivity index (χ1v) is 10.5. The van der Waals surface area contributed by atoms with Gasteiger partial charge >= 0.3 is 0 Å². The zero-order chi connectivity index (χ0) is 20.3. The highest BCUT2D eigenvalue weighted by Crippen LogP contribution is 2.31. The summed E-state index contributed by atoms with van der Waals surface area (Å²) in [5.74, 6) is 0.107. The molecule has 0 atom stereocenters. The highest BCUT2D eigenvalue weighted by molar-refractivity contribution is 7.89. The number of hydrogen-bond donors (Lipinski definition) is 1. The molecule has 9 heteroatoms. The van der Waals surface area contributed by atoms with Gasteiger partial charge in [-0.25, -0.2) is 12.8 Å². The van der Waals surface area contributed by atoms with Crippen molar-refractivity contribution in [3.63, 3.8) is 0 Å². The Morgan fingerprint density at radius 2 is 1.82 bits per heavy atom. The Bertz CT molecular complexity index is 956. The van der Waals surface area contributed by atoms with E-state index in [1.807, 2.05) is 0 Å². The number of nitrogens with one attached hydrogen (secondary N) is 1. The zero-order valence-electron chi connectivity index (χ0n) is 15.5. The van der Waals surface area contributed by atoms with Gasteiger partial charge in [-0.05, 0) is 48.6 Å². The molecule has 1 N–H and O–H groups in total. The molecule has 0 aliphatic carbocycles. The summed E-state index contributed by atoms with van der Waals surface area (Å²) in [4.78, 5) is 10.8. The topological polar surface area (TPSA) is 92.6 Å². The molecular formula is C19H22FN3O4S. The van der Waals surface area contributed by atoms with Crippen LogP contribution >= 0.6 is 0 Å². The van der Waals surface area contributed by atoms with E-state index in [-0.39, 0.29) is 28.6 Å². The molecule has 0 spiro atoms. The van der Waals surface area contributed by atoms with Crippen molar-refractivity contribution in [2.24, 2.45) is 5.92 Å². The molecule has 0 aromatic heterocycles. The highest BCUT2D eigenvalue weighted by Gasteiger charge is 2.30. The summed E-state index contributed by atoms with van der Waals surface area (Å²) in [6.45, 7) is 3.16. The lowest BCUT2D eigenvalue weighted by molar-refractivity contribution is -0.384. The predicted molar refractivity (Wildman–Crippen MR) is 104 cm³/mol. The van der Waals surface area contributed by atoms with Gasteiger partial charge in [0.1, 0.15) is 11.5 Å². The molecular weight excluding hydrogens is 385 g/mol. The molecule has 3 rings (SSSR count). The zero-order valence-corrected chi connectivity index (χ0v) is 16.3. The van der Waals surface area contributed by atoms with Gasteiger partial charge in [0.2, 0.25) is 10.0 Å². The third-order valence-corrected chi connectivity index (χ3v) is 6.84. The van der Waals surface area contributed by atoms with Crippen LogP contribution in [-0.2, 0) is 16.6 Å². The molecule has 0 unspecified atom stereocenters. The van der Waals surface area contributed by atoms with Gasteiger partial charge in [0.25, 0.3) is 5.69 Å². The maximum Gasteiger partial charge on any atom is 0.293 e. The Kier molecular flexibility index (Phi) is 5.95. The number of sulfonamides is 1. The maximum absolute atomic E-state index is 13.0. The predicted octanol–water partition coefficient (Wildman–Crippen LogP) is 3.77. The summed E-state index contributed by atoms with van der Waals surface area (Å²) in [5.41, 5.74) is 0.643. The summed E-state index contributed by atoms with van der Waals surface area (Å²) < 4.78 is 40.0. The summed E-state index contributed by atoms with van der Waals surface area (Å²) in [6, 6.07) is 9.64. The van der Waals surface area contributed by atoms with Crippen LogP contribution in [-0.4, -0.2) is 30.7 Å². The average Bonchev–Trinajstić information content (AvgIpc) is 2.67. The molecule has 0 saturated carbocycles. The molecule has 0 amide bonds. The van der Waals surface area contributed by atoms with E-state index in [4.69, 9.17) is 0 Å². The minimum absolute atomic E-state index is 0.0823. The number of anilines is 1. The lowest BCUT2D eigenvalue weighted by atomic mass is 10.0. The molecule has 0 radical (unpaired) electrons. The fourth-order valence-corrected chi connectivity index (χ4v) is 4.64. The van der Waals surface area contributed by atoms with Crippen LogP contribution in [0.25, 0.3) is 0 Å². The van der Waals surface area contributed by atoms with Crippen molar-refractivity contribution in [1.82, 2.24) is 4.31 Å². The summed E-state index contributed by atoms with van der Waals surface area (Å²) >= 11 is 0. The monoisotopic (exact) mass is 407 g/mol. The Balaban J connectivity index is 1.82. The van der Waals surface area contributed by atoms with E-state index in [0.717, 1.165) is 24.5 Å². The third kappa shape index (κ3) is 4.48. The number of halogens is 1. The van der Waals surface area contributed by atoms with E-state index in [9.17, 15) is 22.9 Å². The first kappa shape index (κ1) is 20.2. The Morgan fingerprint density at radius 1 is 1.18 bits per heavy atom. The van der Waals surface area contributed by atoms with Crippen molar-refractivity contribution in [3.8, 4) is 0 Å². The van der Waals surface area contributed by atoms with Crippen molar-refractivity contribution in [2.75, 3.05) is 18.4 Å². The Hall–Kier alpha value is -2.52. The maximum atomic E-state index is 13.0. The average molecular weight is 407 g/mol. The second kappa shape index (κ2) is 8.24. The Labute approximate surface area is 163 Å². The fraction of sp³-hybridized carbons (Fsp3) is 0.368. The van der Waals surface area contributed by atoms with Gasteiger partial charge in [0.05, 0.1) is 9.82 Å². The van der Waals surface area contributed by atoms with E-state index in [1.54, 1.807) is 12.1 Å². The van der Waals surface area contributed by atoms with Gasteiger partial charge < -0.3 is 5.32 Å². The van der Waals surface area contributed by atoms with E-state index in [2.05, 4.69) is 12.2 Å². The standard InChI is InChI=1S/C19H22FN3O4S/c1-14-8-10-22(11-9-14)28(26,27)17-6-7-18(19(12-17)23(24)25)21-13-15-2-4-16(20)5-3-15/h2-7,12,14,21H,8-11,13H2,1H3. The second-order valence-electron chi connectivity index (χ2n) is 7.00. The van der Waals surface area contributed by atoms with Gasteiger partial charge in [-0.3, -0.25) is 10.1 Å². The number of nitro benzene ring substituents is 1. The highest BCUT2D eigenvalue weighted by atomic mass is 32.2. The molecule has 1 heterocycles. The van der Waals surface area contributed by atoms with E-state index < -0.39 is 14.9 Å². The SMILES string of the molecule is CC1CCN(S(=O)(=O)c2ccc(NCc3ccc(F)cc3)c([N+](=O)[O-])c2)CC1. The van der Waals surface area contributed by atoms with E-state index in [0.29, 0.717) is 19.0 Å². The lowest BCUT2D eigenvalue weighted by Crippen LogP contribution is -2.37. The van der Waals surface area contributed by atoms with Gasteiger partial charge in [0, 0.05) is 25.7 Å². The van der Waals surface area contributed by atoms with Crippen molar-refractivity contribution < 1.29 is 17.7 Å². The fourth-order valence-electron chi connectivity index (χ4n) is 3.15. The van der Waals surface area contributed by atoms with Crippen LogP contribution in [0.3, 0.4) is 0 Å². The second-order valence-corrected chi connectivity index (χ2v) is 8.94. The van der Waals surface area contributed by atoms with Gasteiger partial charge in [0.15, 0.2) is 0 Å². The summed E-state index contributed by atoms with van der Waals surface area (Å²) in [5, 5.41) is 14.4. The minimum Gasteiger partial charge on any atom is -0.375 e. The van der Waals surface area contributed by atoms with Gasteiger partial charge in [-0.2, -0.15) is 4.31 Å². The summed E-state index contributed by atoms with van der Waals surface area (Å²) in [6.07, 6.45) is 1.55. The first-order chi connectivity index (χ1) is 13.3. The first-order valence-electron chi connectivity index (χ1n) is 9.04. The quantitative estimate of drug-likeness (QED) is 0.581. The number of piperidine rings is 1. The molecule has 1 aliphatic rings. The molecule has 1 saturated heterocycles. The van der Waals surface area contributed by atoms with Gasteiger partial charge in [-0.15, -0.1) is 0 Å². The van der Waals surface area contributed by atoms with Crippen molar-refractivity contribution in [2.45, 2.75) is 31.2 Å². The smallest absolute Gasteiger partial charge is 0.293 e. The van der Waals surface area contributed by atoms with Crippen molar-refractivity contribution in [3.05, 3.63) is 64.0 Å². The lowest BCUT2D eigenvalue weighted by Gasteiger charge is -2.29. The molecule has 1 fully saturated rings. The molecule has 150 valence electrons. The third-order valence-electron chi connectivity index (χ3n) is 4.94. The molecule has 7 nitrogen and oxygen atoms in total. The van der Waals surface area contributed by atoms with Crippen LogP contribution in [0.5, 0.6) is 0 Å². The number of nitrogens with zero attached hydrogens (tertiary/aromatic N) is 2. The molecule has 2 aromatic carbocycles. The Morgan fingerprint density at radius 3 is 2.43 bits per heavy atom. The molecule has 28 heavy (non-hydrogen) atoms. The summed E-state index contributed by atoms with van der Waals surface area (Å²) in [7, 11) is -3.77. The van der Waals surface area contributed by atoms with Crippen LogP contribution in [0, 0.1) is 21.8 Å². The van der Waals surface area contributed by atoms with E-state index >= 15 is 0 Å².